The van der Waals surface area contributed by atoms with Crippen LogP contribution in [-0.2, 0) is 6.54 Å². The van der Waals surface area contributed by atoms with Gasteiger partial charge in [-0.2, -0.15) is 0 Å². The molecule has 1 aliphatic rings. The van der Waals surface area contributed by atoms with Crippen LogP contribution in [0.25, 0.3) is 0 Å². The molecule has 0 spiro atoms. The molecule has 1 atom stereocenters. The van der Waals surface area contributed by atoms with E-state index in [4.69, 9.17) is 4.74 Å². The average Bonchev–Trinajstić information content (AvgIpc) is 2.77. The molecule has 2 rings (SSSR count). The Morgan fingerprint density at radius 1 is 1.47 bits per heavy atom. The largest absolute Gasteiger partial charge is 0.494 e. The molecular formula is C14H22ClFN2O. The van der Waals surface area contributed by atoms with E-state index in [-0.39, 0.29) is 18.2 Å². The van der Waals surface area contributed by atoms with E-state index >= 15 is 0 Å². The minimum Gasteiger partial charge on any atom is -0.494 e. The van der Waals surface area contributed by atoms with E-state index in [0.717, 1.165) is 37.7 Å². The highest BCUT2D eigenvalue weighted by Crippen LogP contribution is 2.21. The Balaban J connectivity index is 0.00000180. The van der Waals surface area contributed by atoms with Crippen molar-refractivity contribution in [3.05, 3.63) is 29.6 Å². The van der Waals surface area contributed by atoms with Crippen LogP contribution < -0.4 is 10.1 Å². The van der Waals surface area contributed by atoms with E-state index in [9.17, 15) is 4.39 Å². The Bertz CT molecular complexity index is 403. The van der Waals surface area contributed by atoms with Gasteiger partial charge >= 0.3 is 0 Å². The van der Waals surface area contributed by atoms with Crippen LogP contribution >= 0.6 is 12.4 Å². The minimum absolute atomic E-state index is 0. The van der Waals surface area contributed by atoms with Gasteiger partial charge in [0, 0.05) is 13.1 Å². The van der Waals surface area contributed by atoms with E-state index in [2.05, 4.69) is 10.2 Å². The zero-order valence-corrected chi connectivity index (χ0v) is 12.3. The summed E-state index contributed by atoms with van der Waals surface area (Å²) in [5.41, 5.74) is 1.01. The molecule has 0 aliphatic carbocycles. The van der Waals surface area contributed by atoms with Crippen LogP contribution in [0.3, 0.4) is 0 Å². The second-order valence-electron chi connectivity index (χ2n) is 4.92. The third-order valence-corrected chi connectivity index (χ3v) is 3.49. The van der Waals surface area contributed by atoms with E-state index in [1.807, 2.05) is 13.1 Å². The first-order chi connectivity index (χ1) is 8.72. The quantitative estimate of drug-likeness (QED) is 0.900. The average molecular weight is 289 g/mol. The maximum absolute atomic E-state index is 13.6. The lowest BCUT2D eigenvalue weighted by Gasteiger charge is -2.16. The van der Waals surface area contributed by atoms with Crippen LogP contribution in [0.5, 0.6) is 5.75 Å². The van der Waals surface area contributed by atoms with Gasteiger partial charge in [0.2, 0.25) is 0 Å². The fourth-order valence-corrected chi connectivity index (χ4v) is 2.58. The van der Waals surface area contributed by atoms with E-state index in [1.54, 1.807) is 12.1 Å². The smallest absolute Gasteiger partial charge is 0.165 e. The van der Waals surface area contributed by atoms with Crippen LogP contribution in [0.1, 0.15) is 12.0 Å². The monoisotopic (exact) mass is 288 g/mol. The number of hydrogen-bond acceptors (Lipinski definition) is 3. The van der Waals surface area contributed by atoms with Gasteiger partial charge in [-0.3, -0.25) is 4.90 Å². The summed E-state index contributed by atoms with van der Waals surface area (Å²) in [7, 11) is 3.47. The highest BCUT2D eigenvalue weighted by molar-refractivity contribution is 5.85. The molecule has 1 saturated heterocycles. The van der Waals surface area contributed by atoms with Crippen molar-refractivity contribution >= 4 is 12.4 Å². The van der Waals surface area contributed by atoms with Gasteiger partial charge in [0.25, 0.3) is 0 Å². The number of benzene rings is 1. The van der Waals surface area contributed by atoms with Gasteiger partial charge in [-0.1, -0.05) is 6.07 Å². The zero-order valence-electron chi connectivity index (χ0n) is 11.5. The number of ether oxygens (including phenoxy) is 1. The van der Waals surface area contributed by atoms with Crippen molar-refractivity contribution in [3.8, 4) is 5.75 Å². The molecule has 108 valence electrons. The van der Waals surface area contributed by atoms with Crippen molar-refractivity contribution in [2.75, 3.05) is 33.8 Å². The summed E-state index contributed by atoms with van der Waals surface area (Å²) in [6.45, 7) is 4.07. The Morgan fingerprint density at radius 3 is 2.89 bits per heavy atom. The van der Waals surface area contributed by atoms with Gasteiger partial charge in [0.05, 0.1) is 7.11 Å². The van der Waals surface area contributed by atoms with Crippen molar-refractivity contribution in [3.63, 3.8) is 0 Å². The standard InChI is InChI=1S/C14H21FN2O.ClH/c1-16-8-12-5-6-17(10-12)9-11-3-4-14(18-2)13(15)7-11;/h3-4,7,12,16H,5-6,8-10H2,1-2H3;1H. The lowest BCUT2D eigenvalue weighted by Crippen LogP contribution is -2.24. The van der Waals surface area contributed by atoms with Crippen molar-refractivity contribution in [1.82, 2.24) is 10.2 Å². The van der Waals surface area contributed by atoms with Crippen molar-refractivity contribution in [2.24, 2.45) is 5.92 Å². The summed E-state index contributed by atoms with van der Waals surface area (Å²) in [4.78, 5) is 2.38. The molecule has 1 heterocycles. The summed E-state index contributed by atoms with van der Waals surface area (Å²) < 4.78 is 18.5. The fourth-order valence-electron chi connectivity index (χ4n) is 2.58. The summed E-state index contributed by atoms with van der Waals surface area (Å²) >= 11 is 0. The second kappa shape index (κ2) is 7.68. The first kappa shape index (κ1) is 16.2. The van der Waals surface area contributed by atoms with Crippen LogP contribution in [0.4, 0.5) is 4.39 Å². The third kappa shape index (κ3) is 4.34. The molecular weight excluding hydrogens is 267 g/mol. The minimum atomic E-state index is -0.277. The molecule has 0 amide bonds. The second-order valence-corrected chi connectivity index (χ2v) is 4.92. The fraction of sp³-hybridized carbons (Fsp3) is 0.571. The topological polar surface area (TPSA) is 24.5 Å². The lowest BCUT2D eigenvalue weighted by atomic mass is 10.1. The van der Waals surface area contributed by atoms with Gasteiger partial charge in [0.15, 0.2) is 11.6 Å². The Labute approximate surface area is 120 Å². The van der Waals surface area contributed by atoms with E-state index < -0.39 is 0 Å². The molecule has 1 aromatic carbocycles. The summed E-state index contributed by atoms with van der Waals surface area (Å²) in [6, 6.07) is 5.21. The highest BCUT2D eigenvalue weighted by atomic mass is 35.5. The maximum Gasteiger partial charge on any atom is 0.165 e. The normalized spacial score (nSPS) is 19.2. The molecule has 1 N–H and O–H groups in total. The van der Waals surface area contributed by atoms with Gasteiger partial charge in [-0.05, 0) is 50.2 Å². The first-order valence-electron chi connectivity index (χ1n) is 6.42. The first-order valence-corrected chi connectivity index (χ1v) is 6.42. The number of likely N-dealkylation sites (tertiary alicyclic amines) is 1. The maximum atomic E-state index is 13.6. The van der Waals surface area contributed by atoms with Gasteiger partial charge < -0.3 is 10.1 Å². The number of halogens is 2. The number of nitrogens with zero attached hydrogens (tertiary/aromatic N) is 1. The zero-order chi connectivity index (χ0) is 13.0. The molecule has 0 saturated carbocycles. The number of hydrogen-bond donors (Lipinski definition) is 1. The molecule has 0 aromatic heterocycles. The predicted molar refractivity (Wildman–Crippen MR) is 77.5 cm³/mol. The number of methoxy groups -OCH3 is 1. The van der Waals surface area contributed by atoms with Crippen molar-refractivity contribution in [2.45, 2.75) is 13.0 Å². The van der Waals surface area contributed by atoms with Crippen molar-refractivity contribution < 1.29 is 9.13 Å². The Morgan fingerprint density at radius 2 is 2.26 bits per heavy atom. The molecule has 1 unspecified atom stereocenters. The molecule has 3 nitrogen and oxygen atoms in total. The molecule has 1 aromatic rings. The predicted octanol–water partition coefficient (Wildman–Crippen LogP) is 2.30. The van der Waals surface area contributed by atoms with Crippen LogP contribution in [0.2, 0.25) is 0 Å². The van der Waals surface area contributed by atoms with E-state index in [1.165, 1.54) is 13.5 Å². The van der Waals surface area contributed by atoms with Gasteiger partial charge in [-0.15, -0.1) is 12.4 Å². The number of rotatable bonds is 5. The SMILES string of the molecule is CNCC1CCN(Cc2ccc(OC)c(F)c2)C1.Cl. The third-order valence-electron chi connectivity index (χ3n) is 3.49. The van der Waals surface area contributed by atoms with Crippen molar-refractivity contribution in [1.29, 1.82) is 0 Å². The van der Waals surface area contributed by atoms with Crippen LogP contribution in [0, 0.1) is 11.7 Å². The summed E-state index contributed by atoms with van der Waals surface area (Å²) in [5, 5.41) is 3.22. The molecule has 5 heteroatoms. The molecule has 1 aliphatic heterocycles. The molecule has 19 heavy (non-hydrogen) atoms. The van der Waals surface area contributed by atoms with Gasteiger partial charge in [-0.25, -0.2) is 4.39 Å². The van der Waals surface area contributed by atoms with Crippen LogP contribution in [0.15, 0.2) is 18.2 Å². The van der Waals surface area contributed by atoms with Gasteiger partial charge in [0.1, 0.15) is 0 Å². The molecule has 1 fully saturated rings. The Hall–Kier alpha value is -0.840. The number of nitrogens with one attached hydrogen (secondary N) is 1. The van der Waals surface area contributed by atoms with Crippen LogP contribution in [-0.4, -0.2) is 38.7 Å². The Kier molecular flexibility index (Phi) is 6.55. The highest BCUT2D eigenvalue weighted by Gasteiger charge is 2.21. The molecule has 0 radical (unpaired) electrons. The van der Waals surface area contributed by atoms with E-state index in [0.29, 0.717) is 5.75 Å². The summed E-state index contributed by atoms with van der Waals surface area (Å²) in [6.07, 6.45) is 1.22. The summed E-state index contributed by atoms with van der Waals surface area (Å²) in [5.74, 6) is 0.757. The molecule has 0 bridgehead atoms. The lowest BCUT2D eigenvalue weighted by molar-refractivity contribution is 0.314.